The second-order valence-corrected chi connectivity index (χ2v) is 26.9. The Morgan fingerprint density at radius 1 is 0.134 bits per heavy atom. The molecule has 7 rings (SSSR count). The summed E-state index contributed by atoms with van der Waals surface area (Å²) in [5.74, 6) is -7.04. The van der Waals surface area contributed by atoms with E-state index in [9.17, 15) is 0 Å². The van der Waals surface area contributed by atoms with Crippen molar-refractivity contribution in [3.05, 3.63) is 0 Å². The first kappa shape index (κ1) is 109. The minimum Gasteiger partial charge on any atom is -0.370 e. The van der Waals surface area contributed by atoms with Crippen molar-refractivity contribution in [2.45, 2.75) is 365 Å². The molecule has 0 atom stereocenters. The highest BCUT2D eigenvalue weighted by Crippen LogP contribution is 2.32. The number of hydrogen-bond donors (Lipinski definition) is 0. The first-order valence-corrected chi connectivity index (χ1v) is 44.1. The Bertz CT molecular complexity index is 1530. The summed E-state index contributed by atoms with van der Waals surface area (Å²) >= 11 is 0. The number of hydrogen-bond acceptors (Lipinski definition) is 28. The van der Waals surface area contributed by atoms with Gasteiger partial charge in [-0.2, -0.15) is 0 Å². The van der Waals surface area contributed by atoms with E-state index in [1.165, 1.54) is 44.9 Å². The molecule has 7 aliphatic carbocycles. The molecule has 7 fully saturated rings. The summed E-state index contributed by atoms with van der Waals surface area (Å²) < 4.78 is 157. The Labute approximate surface area is 679 Å². The Hall–Kier alpha value is -1.12. The molecule has 0 aliphatic heterocycles. The molecule has 0 radical (unpaired) electrons. The minimum atomic E-state index is -1.01. The van der Waals surface area contributed by atoms with E-state index < -0.39 is 41.8 Å². The molecule has 672 valence electrons. The van der Waals surface area contributed by atoms with Gasteiger partial charge in [0.15, 0.2) is 0 Å². The van der Waals surface area contributed by atoms with Crippen LogP contribution in [-0.4, -0.2) is 270 Å². The molecule has 0 aromatic carbocycles. The zero-order valence-electron chi connectivity index (χ0n) is 74.6. The molecule has 7 aliphatic rings. The first-order valence-electron chi connectivity index (χ1n) is 44.1. The van der Waals surface area contributed by atoms with Gasteiger partial charge in [-0.3, -0.25) is 0 Å². The van der Waals surface area contributed by atoms with Crippen LogP contribution in [0.5, 0.6) is 0 Å². The maximum atomic E-state index is 5.73. The largest absolute Gasteiger partial charge is 0.370 e. The summed E-state index contributed by atoms with van der Waals surface area (Å²) in [7, 11) is 0. The molecule has 28 nitrogen and oxygen atoms in total. The van der Waals surface area contributed by atoms with E-state index in [1.54, 1.807) is 0 Å². The Kier molecular flexibility index (Phi) is 65.7. The van der Waals surface area contributed by atoms with Gasteiger partial charge in [0.1, 0.15) is 46.2 Å². The van der Waals surface area contributed by atoms with Gasteiger partial charge in [-0.25, -0.2) is 0 Å². The molecule has 0 aromatic rings. The molecule has 0 saturated heterocycles. The number of ether oxygens (including phenoxy) is 28. The summed E-state index contributed by atoms with van der Waals surface area (Å²) in [6, 6.07) is 0. The second kappa shape index (κ2) is 67.5. The van der Waals surface area contributed by atoms with Crippen molar-refractivity contribution < 1.29 is 133 Å². The van der Waals surface area contributed by atoms with E-state index >= 15 is 0 Å². The number of rotatable bonds is 63. The maximum Gasteiger partial charge on any atom is 0.307 e. The lowest BCUT2D eigenvalue weighted by atomic mass is 9.96. The zero-order valence-corrected chi connectivity index (χ0v) is 74.6. The smallest absolute Gasteiger partial charge is 0.307 e. The van der Waals surface area contributed by atoms with Gasteiger partial charge in [-0.1, -0.05) is 0 Å². The van der Waals surface area contributed by atoms with Gasteiger partial charge in [0.05, 0.1) is 42.7 Å². The van der Waals surface area contributed by atoms with E-state index in [2.05, 4.69) is 0 Å². The third kappa shape index (κ3) is 45.5. The molecule has 0 spiro atoms. The molecule has 7 saturated carbocycles. The van der Waals surface area contributed by atoms with Crippen LogP contribution in [0.2, 0.25) is 0 Å². The van der Waals surface area contributed by atoms with Crippen molar-refractivity contribution in [2.24, 2.45) is 0 Å². The molecule has 0 amide bonds. The van der Waals surface area contributed by atoms with Crippen LogP contribution in [0.15, 0.2) is 0 Å². The van der Waals surface area contributed by atoms with E-state index in [0.717, 1.165) is 89.9 Å². The zero-order chi connectivity index (χ0) is 83.0. The summed E-state index contributed by atoms with van der Waals surface area (Å²) in [6.45, 7) is 54.5. The third-order valence-electron chi connectivity index (χ3n) is 18.5. The first-order chi connectivity index (χ1) is 54.3. The fourth-order valence-corrected chi connectivity index (χ4v) is 11.7. The predicted octanol–water partition coefficient (Wildman–Crippen LogP) is 16.2. The van der Waals surface area contributed by atoms with Gasteiger partial charge in [-0.05, 0) is 280 Å². The van der Waals surface area contributed by atoms with Crippen LogP contribution in [0, 0.1) is 0 Å². The van der Waals surface area contributed by atoms with Crippen molar-refractivity contribution in [2.75, 3.05) is 185 Å². The molecular formula is C84H168O28. The molecule has 0 unspecified atom stereocenters. The highest BCUT2D eigenvalue weighted by molar-refractivity contribution is 4.76. The average Bonchev–Trinajstić information content (AvgIpc) is 0.893. The van der Waals surface area contributed by atoms with Gasteiger partial charge < -0.3 is 133 Å². The Morgan fingerprint density at radius 2 is 0.205 bits per heavy atom. The molecule has 28 heteroatoms. The van der Waals surface area contributed by atoms with Crippen molar-refractivity contribution >= 4 is 0 Å². The molecule has 0 N–H and O–H groups in total. The summed E-state index contributed by atoms with van der Waals surface area (Å²) in [6.07, 6.45) is 27.3. The van der Waals surface area contributed by atoms with Gasteiger partial charge in [0.2, 0.25) is 0 Å². The quantitative estimate of drug-likeness (QED) is 0.0513. The topological polar surface area (TPSA) is 258 Å². The maximum absolute atomic E-state index is 5.73. The SMILES string of the molecule is CCOC(COC1CCC1)(OCC)OCC.CCOC(COC1CCC1)(OCC)OCC.CCOC(COC1CCC1)(OCC)OCC.CCOC(COC1CCC1)(OCC)OCC.CCOC(COC1CCC1)(OCC)OCC.CCOC(COC1CCC1)(OCC)OCC.CCOC(COC1CCC1)(OCC)OCC. The van der Waals surface area contributed by atoms with Crippen LogP contribution >= 0.6 is 0 Å². The van der Waals surface area contributed by atoms with Crippen molar-refractivity contribution in [3.63, 3.8) is 0 Å². The highest BCUT2D eigenvalue weighted by Gasteiger charge is 2.42. The summed E-state index contributed by atoms with van der Waals surface area (Å²) in [5.41, 5.74) is 0. The average molecular weight is 1630 g/mol. The van der Waals surface area contributed by atoms with Crippen LogP contribution in [0.3, 0.4) is 0 Å². The van der Waals surface area contributed by atoms with Gasteiger partial charge >= 0.3 is 41.8 Å². The normalized spacial score (nSPS) is 17.4. The fraction of sp³-hybridized carbons (Fsp3) is 1.00. The van der Waals surface area contributed by atoms with Crippen LogP contribution < -0.4 is 0 Å². The van der Waals surface area contributed by atoms with Crippen LogP contribution in [0.1, 0.15) is 280 Å². The monoisotopic (exact) mass is 1630 g/mol. The standard InChI is InChI=1S/7C12H24O4/c7*1-4-14-12(15-5-2,16-6-3)10-13-11-8-7-9-11/h7*11H,4-10H2,1-3H3. The van der Waals surface area contributed by atoms with Crippen molar-refractivity contribution in [3.8, 4) is 0 Å². The minimum absolute atomic E-state index is 0.354. The van der Waals surface area contributed by atoms with Crippen LogP contribution in [-0.2, 0) is 133 Å². The second-order valence-electron chi connectivity index (χ2n) is 26.9. The van der Waals surface area contributed by atoms with Gasteiger partial charge in [-0.15, -0.1) is 0 Å². The van der Waals surface area contributed by atoms with E-state index in [1.807, 2.05) is 145 Å². The molecule has 0 bridgehead atoms. The lowest BCUT2D eigenvalue weighted by molar-refractivity contribution is -0.395. The molecule has 112 heavy (non-hydrogen) atoms. The highest BCUT2D eigenvalue weighted by atomic mass is 16.9. The summed E-state index contributed by atoms with van der Waals surface area (Å²) in [5, 5.41) is 0. The van der Waals surface area contributed by atoms with Crippen LogP contribution in [0.25, 0.3) is 0 Å². The van der Waals surface area contributed by atoms with Crippen molar-refractivity contribution in [1.29, 1.82) is 0 Å². The molecule has 0 heterocycles. The van der Waals surface area contributed by atoms with Crippen molar-refractivity contribution in [1.82, 2.24) is 0 Å². The van der Waals surface area contributed by atoms with Gasteiger partial charge in [0, 0.05) is 139 Å². The Balaban J connectivity index is 0.000000653. The fourth-order valence-electron chi connectivity index (χ4n) is 11.7. The molecular weight excluding hydrogens is 1460 g/mol. The summed E-state index contributed by atoms with van der Waals surface area (Å²) in [4.78, 5) is 0. The molecule has 0 aromatic heterocycles. The van der Waals surface area contributed by atoms with Crippen LogP contribution in [0.4, 0.5) is 0 Å². The van der Waals surface area contributed by atoms with Gasteiger partial charge in [0.25, 0.3) is 0 Å². The van der Waals surface area contributed by atoms with E-state index in [4.69, 9.17) is 133 Å². The third-order valence-corrected chi connectivity index (χ3v) is 18.5. The van der Waals surface area contributed by atoms with E-state index in [0.29, 0.717) is 228 Å². The lowest BCUT2D eigenvalue weighted by Gasteiger charge is -2.35. The lowest BCUT2D eigenvalue weighted by Crippen LogP contribution is -2.45. The predicted molar refractivity (Wildman–Crippen MR) is 428 cm³/mol. The Morgan fingerprint density at radius 3 is 0.250 bits per heavy atom. The van der Waals surface area contributed by atoms with E-state index in [-0.39, 0.29) is 0 Å².